The van der Waals surface area contributed by atoms with Crippen molar-refractivity contribution in [3.8, 4) is 0 Å². The Hall–Kier alpha value is -2.66. The zero-order valence-electron chi connectivity index (χ0n) is 12.8. The maximum atomic E-state index is 11.8. The zero-order valence-corrected chi connectivity index (χ0v) is 13.5. The lowest BCUT2D eigenvalue weighted by Crippen LogP contribution is -2.32. The molecule has 118 valence electrons. The summed E-state index contributed by atoms with van der Waals surface area (Å²) in [6.45, 7) is 3.76. The highest BCUT2D eigenvalue weighted by atomic mass is 35.5. The van der Waals surface area contributed by atoms with Crippen molar-refractivity contribution in [1.82, 2.24) is 5.43 Å². The number of hydrazone groups is 1. The molecule has 0 saturated carbocycles. The van der Waals surface area contributed by atoms with Crippen LogP contribution in [0.4, 0.5) is 5.69 Å². The molecule has 0 saturated heterocycles. The second-order valence-electron chi connectivity index (χ2n) is 5.02. The molecule has 0 aliphatic carbocycles. The third-order valence-electron chi connectivity index (χ3n) is 3.10. The van der Waals surface area contributed by atoms with E-state index in [2.05, 4.69) is 15.8 Å². The number of amides is 2. The lowest BCUT2D eigenvalue weighted by molar-refractivity contribution is -0.136. The van der Waals surface area contributed by atoms with Gasteiger partial charge >= 0.3 is 11.8 Å². The highest BCUT2D eigenvalue weighted by molar-refractivity contribution is 6.39. The summed E-state index contributed by atoms with van der Waals surface area (Å²) in [5.41, 5.74) is 5.41. The Balaban J connectivity index is 1.93. The summed E-state index contributed by atoms with van der Waals surface area (Å²) >= 11 is 5.77. The van der Waals surface area contributed by atoms with Crippen LogP contribution in [0, 0.1) is 13.8 Å². The summed E-state index contributed by atoms with van der Waals surface area (Å²) in [4.78, 5) is 23.6. The van der Waals surface area contributed by atoms with Crippen LogP contribution >= 0.6 is 11.6 Å². The molecule has 0 aliphatic rings. The van der Waals surface area contributed by atoms with Crippen LogP contribution < -0.4 is 10.7 Å². The molecule has 2 aromatic carbocycles. The summed E-state index contributed by atoms with van der Waals surface area (Å²) in [7, 11) is 0. The first-order valence-electron chi connectivity index (χ1n) is 6.93. The van der Waals surface area contributed by atoms with Gasteiger partial charge in [0.25, 0.3) is 0 Å². The number of nitrogens with one attached hydrogen (secondary N) is 2. The summed E-state index contributed by atoms with van der Waals surface area (Å²) in [5, 5.41) is 6.92. The van der Waals surface area contributed by atoms with Gasteiger partial charge in [-0.2, -0.15) is 5.10 Å². The van der Waals surface area contributed by atoms with Crippen molar-refractivity contribution >= 4 is 35.3 Å². The van der Waals surface area contributed by atoms with Gasteiger partial charge in [-0.15, -0.1) is 0 Å². The Bertz CT molecular complexity index is 755. The number of hydrogen-bond donors (Lipinski definition) is 2. The van der Waals surface area contributed by atoms with Crippen LogP contribution in [0.15, 0.2) is 47.6 Å². The highest BCUT2D eigenvalue weighted by Gasteiger charge is 2.13. The standard InChI is InChI=1S/C17H16ClN3O2/c1-11-3-4-12(2)15(9-11)20-16(22)17(23)21-19-10-13-5-7-14(18)8-6-13/h3-10H,1-2H3,(H,20,22)(H,21,23)/b19-10+. The van der Waals surface area contributed by atoms with Gasteiger partial charge in [-0.25, -0.2) is 5.43 Å². The van der Waals surface area contributed by atoms with Crippen LogP contribution in [-0.2, 0) is 9.59 Å². The number of carbonyl (C=O) groups excluding carboxylic acids is 2. The number of anilines is 1. The van der Waals surface area contributed by atoms with Crippen molar-refractivity contribution in [3.05, 3.63) is 64.2 Å². The summed E-state index contributed by atoms with van der Waals surface area (Å²) in [6.07, 6.45) is 1.43. The van der Waals surface area contributed by atoms with E-state index in [0.717, 1.165) is 16.7 Å². The number of aryl methyl sites for hydroxylation is 2. The molecule has 2 amide bonds. The van der Waals surface area contributed by atoms with E-state index < -0.39 is 11.8 Å². The molecule has 23 heavy (non-hydrogen) atoms. The van der Waals surface area contributed by atoms with Gasteiger partial charge in [0.2, 0.25) is 0 Å². The fourth-order valence-electron chi connectivity index (χ4n) is 1.81. The minimum Gasteiger partial charge on any atom is -0.317 e. The Morgan fingerprint density at radius 1 is 1.04 bits per heavy atom. The molecule has 0 radical (unpaired) electrons. The van der Waals surface area contributed by atoms with E-state index in [1.54, 1.807) is 30.3 Å². The van der Waals surface area contributed by atoms with Crippen LogP contribution in [0.25, 0.3) is 0 Å². The van der Waals surface area contributed by atoms with Gasteiger partial charge in [0.15, 0.2) is 0 Å². The molecule has 2 aromatic rings. The van der Waals surface area contributed by atoms with Gasteiger partial charge in [0, 0.05) is 10.7 Å². The zero-order chi connectivity index (χ0) is 16.8. The second-order valence-corrected chi connectivity index (χ2v) is 5.46. The van der Waals surface area contributed by atoms with E-state index in [0.29, 0.717) is 10.7 Å². The molecule has 0 aliphatic heterocycles. The first-order valence-corrected chi connectivity index (χ1v) is 7.31. The molecule has 5 nitrogen and oxygen atoms in total. The van der Waals surface area contributed by atoms with Crippen LogP contribution in [-0.4, -0.2) is 18.0 Å². The minimum atomic E-state index is -0.837. The van der Waals surface area contributed by atoms with E-state index in [-0.39, 0.29) is 0 Å². The predicted molar refractivity (Wildman–Crippen MR) is 91.7 cm³/mol. The molecule has 0 fully saturated rings. The van der Waals surface area contributed by atoms with Gasteiger partial charge in [0.05, 0.1) is 6.21 Å². The quantitative estimate of drug-likeness (QED) is 0.516. The van der Waals surface area contributed by atoms with Crippen molar-refractivity contribution in [1.29, 1.82) is 0 Å². The van der Waals surface area contributed by atoms with E-state index in [1.807, 2.05) is 26.0 Å². The van der Waals surface area contributed by atoms with Gasteiger partial charge < -0.3 is 5.32 Å². The molecule has 0 aromatic heterocycles. The van der Waals surface area contributed by atoms with E-state index >= 15 is 0 Å². The maximum absolute atomic E-state index is 11.8. The molecular formula is C17H16ClN3O2. The fourth-order valence-corrected chi connectivity index (χ4v) is 1.94. The molecule has 0 unspecified atom stereocenters. The Labute approximate surface area is 139 Å². The number of halogens is 1. The number of benzene rings is 2. The SMILES string of the molecule is Cc1ccc(C)c(NC(=O)C(=O)N/N=C/c2ccc(Cl)cc2)c1. The average molecular weight is 330 g/mol. The molecule has 0 atom stereocenters. The Kier molecular flexibility index (Phi) is 5.49. The lowest BCUT2D eigenvalue weighted by atomic mass is 10.1. The molecule has 0 spiro atoms. The molecule has 2 N–H and O–H groups in total. The maximum Gasteiger partial charge on any atom is 0.329 e. The molecule has 0 bridgehead atoms. The van der Waals surface area contributed by atoms with E-state index in [1.165, 1.54) is 6.21 Å². The third kappa shape index (κ3) is 4.93. The van der Waals surface area contributed by atoms with Gasteiger partial charge in [-0.1, -0.05) is 35.9 Å². The monoisotopic (exact) mass is 329 g/mol. The summed E-state index contributed by atoms with van der Waals surface area (Å²) < 4.78 is 0. The largest absolute Gasteiger partial charge is 0.329 e. The molecule has 2 rings (SSSR count). The number of carbonyl (C=O) groups is 2. The minimum absolute atomic E-state index is 0.604. The highest BCUT2D eigenvalue weighted by Crippen LogP contribution is 2.16. The predicted octanol–water partition coefficient (Wildman–Crippen LogP) is 3.05. The van der Waals surface area contributed by atoms with Crippen molar-refractivity contribution in [2.75, 3.05) is 5.32 Å². The van der Waals surface area contributed by atoms with Crippen molar-refractivity contribution in [2.24, 2.45) is 5.10 Å². The van der Waals surface area contributed by atoms with Crippen LogP contribution in [0.5, 0.6) is 0 Å². The van der Waals surface area contributed by atoms with Crippen LogP contribution in [0.2, 0.25) is 5.02 Å². The van der Waals surface area contributed by atoms with Crippen LogP contribution in [0.3, 0.4) is 0 Å². The Morgan fingerprint density at radius 3 is 2.43 bits per heavy atom. The first kappa shape index (κ1) is 16.7. The fraction of sp³-hybridized carbons (Fsp3) is 0.118. The van der Waals surface area contributed by atoms with Crippen molar-refractivity contribution < 1.29 is 9.59 Å². The van der Waals surface area contributed by atoms with Gasteiger partial charge in [-0.05, 0) is 48.7 Å². The summed E-state index contributed by atoms with van der Waals surface area (Å²) in [6, 6.07) is 12.5. The molecule has 6 heteroatoms. The van der Waals surface area contributed by atoms with E-state index in [9.17, 15) is 9.59 Å². The smallest absolute Gasteiger partial charge is 0.317 e. The summed E-state index contributed by atoms with van der Waals surface area (Å²) in [5.74, 6) is -1.61. The van der Waals surface area contributed by atoms with Gasteiger partial charge in [-0.3, -0.25) is 9.59 Å². The second kappa shape index (κ2) is 7.56. The topological polar surface area (TPSA) is 70.6 Å². The number of rotatable bonds is 3. The van der Waals surface area contributed by atoms with Crippen molar-refractivity contribution in [3.63, 3.8) is 0 Å². The molecule has 0 heterocycles. The van der Waals surface area contributed by atoms with E-state index in [4.69, 9.17) is 11.6 Å². The van der Waals surface area contributed by atoms with Gasteiger partial charge in [0.1, 0.15) is 0 Å². The van der Waals surface area contributed by atoms with Crippen molar-refractivity contribution in [2.45, 2.75) is 13.8 Å². The normalized spacial score (nSPS) is 10.6. The Morgan fingerprint density at radius 2 is 1.74 bits per heavy atom. The molecular weight excluding hydrogens is 314 g/mol. The average Bonchev–Trinajstić information content (AvgIpc) is 2.52. The number of nitrogens with zero attached hydrogens (tertiary/aromatic N) is 1. The third-order valence-corrected chi connectivity index (χ3v) is 3.35. The van der Waals surface area contributed by atoms with Crippen LogP contribution in [0.1, 0.15) is 16.7 Å². The first-order chi connectivity index (χ1) is 11.0. The number of hydrogen-bond acceptors (Lipinski definition) is 3. The lowest BCUT2D eigenvalue weighted by Gasteiger charge is -2.08.